The fraction of sp³-hybridized carbons (Fsp3) is 0.529. The number of amides is 2. The fourth-order valence-electron chi connectivity index (χ4n) is 2.85. The number of hydrogen-bond donors (Lipinski definition) is 0. The van der Waals surface area contributed by atoms with Gasteiger partial charge in [0, 0.05) is 6.42 Å². The monoisotopic (exact) mass is 421 g/mol. The van der Waals surface area contributed by atoms with Crippen molar-refractivity contribution in [3.05, 3.63) is 35.9 Å². The number of rotatable bonds is 6. The summed E-state index contributed by atoms with van der Waals surface area (Å²) in [6, 6.07) is 8.71. The van der Waals surface area contributed by atoms with Gasteiger partial charge in [-0.2, -0.15) is 13.2 Å². The number of carbonyl (C=O) groups is 2. The minimum atomic E-state index is -4.37. The molecule has 0 radical (unpaired) electrons. The molecule has 0 N–H and O–H groups in total. The SMILES string of the molecule is CC[C@@H](CC(F)(F)F)[C@@H](Br)C(=O)N1C(=O)OC[C@H]1Cc1ccccc1. The molecule has 1 aliphatic rings. The highest BCUT2D eigenvalue weighted by Crippen LogP contribution is 2.33. The zero-order valence-corrected chi connectivity index (χ0v) is 15.2. The van der Waals surface area contributed by atoms with Crippen LogP contribution < -0.4 is 0 Å². The topological polar surface area (TPSA) is 46.6 Å². The summed E-state index contributed by atoms with van der Waals surface area (Å²) in [7, 11) is 0. The van der Waals surface area contributed by atoms with Crippen LogP contribution >= 0.6 is 15.9 Å². The lowest BCUT2D eigenvalue weighted by molar-refractivity contribution is -0.147. The number of nitrogens with zero attached hydrogens (tertiary/aromatic N) is 1. The van der Waals surface area contributed by atoms with Crippen LogP contribution in [-0.2, 0) is 16.0 Å². The molecule has 0 unspecified atom stereocenters. The van der Waals surface area contributed by atoms with E-state index < -0.39 is 41.4 Å². The number of cyclic esters (lactones) is 1. The molecule has 0 aliphatic carbocycles. The smallest absolute Gasteiger partial charge is 0.417 e. The van der Waals surface area contributed by atoms with Gasteiger partial charge in [-0.05, 0) is 17.9 Å². The first-order valence-electron chi connectivity index (χ1n) is 7.97. The van der Waals surface area contributed by atoms with E-state index in [1.165, 1.54) is 0 Å². The minimum absolute atomic E-state index is 0.0370. The number of hydrogen-bond acceptors (Lipinski definition) is 3. The average Bonchev–Trinajstić information content (AvgIpc) is 2.92. The standard InChI is InChI=1S/C17H19BrF3NO3/c1-2-12(9-17(19,20)21)14(18)15(23)22-13(10-25-16(22)24)8-11-6-4-3-5-7-11/h3-7,12-14H,2,8-10H2,1H3/t12-,13+,14+/m0/s1. The molecule has 0 spiro atoms. The van der Waals surface area contributed by atoms with E-state index in [1.54, 1.807) is 6.92 Å². The molecule has 0 aromatic heterocycles. The lowest BCUT2D eigenvalue weighted by Crippen LogP contribution is -2.46. The molecule has 8 heteroatoms. The zero-order valence-electron chi connectivity index (χ0n) is 13.6. The summed E-state index contributed by atoms with van der Waals surface area (Å²) in [5.74, 6) is -1.63. The summed E-state index contributed by atoms with van der Waals surface area (Å²) >= 11 is 3.07. The van der Waals surface area contributed by atoms with E-state index in [9.17, 15) is 22.8 Å². The number of imide groups is 1. The van der Waals surface area contributed by atoms with E-state index in [0.717, 1.165) is 10.5 Å². The highest BCUT2D eigenvalue weighted by Gasteiger charge is 2.44. The zero-order chi connectivity index (χ0) is 18.6. The van der Waals surface area contributed by atoms with Crippen molar-refractivity contribution in [3.8, 4) is 0 Å². The van der Waals surface area contributed by atoms with Crippen molar-refractivity contribution in [2.45, 2.75) is 43.2 Å². The molecule has 1 aromatic carbocycles. The Morgan fingerprint density at radius 2 is 2.00 bits per heavy atom. The Morgan fingerprint density at radius 1 is 1.36 bits per heavy atom. The maximum Gasteiger partial charge on any atom is 0.417 e. The number of alkyl halides is 4. The van der Waals surface area contributed by atoms with Crippen LogP contribution in [-0.4, -0.2) is 40.6 Å². The van der Waals surface area contributed by atoms with E-state index in [1.807, 2.05) is 30.3 Å². The van der Waals surface area contributed by atoms with Crippen molar-refractivity contribution in [2.24, 2.45) is 5.92 Å². The van der Waals surface area contributed by atoms with Gasteiger partial charge >= 0.3 is 12.3 Å². The molecule has 2 amide bonds. The Morgan fingerprint density at radius 3 is 2.56 bits per heavy atom. The maximum absolute atomic E-state index is 12.7. The van der Waals surface area contributed by atoms with Gasteiger partial charge in [0.25, 0.3) is 0 Å². The predicted molar refractivity (Wildman–Crippen MR) is 89.3 cm³/mol. The highest BCUT2D eigenvalue weighted by molar-refractivity contribution is 9.10. The van der Waals surface area contributed by atoms with Crippen LogP contribution in [0.4, 0.5) is 18.0 Å². The van der Waals surface area contributed by atoms with Crippen molar-refractivity contribution in [1.82, 2.24) is 4.90 Å². The lowest BCUT2D eigenvalue weighted by Gasteiger charge is -2.27. The van der Waals surface area contributed by atoms with Crippen molar-refractivity contribution in [2.75, 3.05) is 6.61 Å². The maximum atomic E-state index is 12.7. The summed E-state index contributed by atoms with van der Waals surface area (Å²) in [6.45, 7) is 1.62. The summed E-state index contributed by atoms with van der Waals surface area (Å²) in [5.41, 5.74) is 0.914. The molecule has 2 rings (SSSR count). The molecule has 0 saturated carbocycles. The summed E-state index contributed by atoms with van der Waals surface area (Å²) in [4.78, 5) is 24.5. The highest BCUT2D eigenvalue weighted by atomic mass is 79.9. The van der Waals surface area contributed by atoms with Crippen LogP contribution in [0.5, 0.6) is 0 Å². The Labute approximate surface area is 152 Å². The van der Waals surface area contributed by atoms with Gasteiger partial charge in [0.2, 0.25) is 5.91 Å². The first kappa shape index (κ1) is 19.8. The van der Waals surface area contributed by atoms with Crippen molar-refractivity contribution >= 4 is 27.9 Å². The average molecular weight is 422 g/mol. The summed E-state index contributed by atoms with van der Waals surface area (Å²) < 4.78 is 43.1. The van der Waals surface area contributed by atoms with E-state index >= 15 is 0 Å². The van der Waals surface area contributed by atoms with Crippen LogP contribution in [0.25, 0.3) is 0 Å². The van der Waals surface area contributed by atoms with Gasteiger partial charge in [-0.1, -0.05) is 59.6 Å². The Balaban J connectivity index is 2.12. The molecule has 25 heavy (non-hydrogen) atoms. The second kappa shape index (κ2) is 8.21. The quantitative estimate of drug-likeness (QED) is 0.642. The molecule has 3 atom stereocenters. The lowest BCUT2D eigenvalue weighted by atomic mass is 9.96. The molecule has 1 aromatic rings. The van der Waals surface area contributed by atoms with E-state index in [0.29, 0.717) is 6.42 Å². The fourth-order valence-corrected chi connectivity index (χ4v) is 3.63. The number of halogens is 4. The van der Waals surface area contributed by atoms with E-state index in [4.69, 9.17) is 4.74 Å². The first-order chi connectivity index (χ1) is 11.7. The summed E-state index contributed by atoms with van der Waals surface area (Å²) in [6.07, 6.45) is -5.71. The van der Waals surface area contributed by atoms with Gasteiger partial charge in [0.15, 0.2) is 0 Å². The van der Waals surface area contributed by atoms with Gasteiger partial charge in [-0.15, -0.1) is 0 Å². The third-order valence-corrected chi connectivity index (χ3v) is 5.32. The number of ether oxygens (including phenoxy) is 1. The van der Waals surface area contributed by atoms with Crippen LogP contribution in [0.2, 0.25) is 0 Å². The molecule has 1 fully saturated rings. The third kappa shape index (κ3) is 5.20. The van der Waals surface area contributed by atoms with Gasteiger partial charge in [0.05, 0.1) is 10.9 Å². The Bertz CT molecular complexity index is 609. The molecular formula is C17H19BrF3NO3. The van der Waals surface area contributed by atoms with Crippen LogP contribution in [0.1, 0.15) is 25.3 Å². The normalized spacial score (nSPS) is 20.3. The molecule has 0 bridgehead atoms. The van der Waals surface area contributed by atoms with Gasteiger partial charge in [-0.3, -0.25) is 4.79 Å². The van der Waals surface area contributed by atoms with Crippen molar-refractivity contribution < 1.29 is 27.5 Å². The Kier molecular flexibility index (Phi) is 6.48. The molecule has 1 saturated heterocycles. The van der Waals surface area contributed by atoms with E-state index in [-0.39, 0.29) is 13.0 Å². The molecule has 1 heterocycles. The summed E-state index contributed by atoms with van der Waals surface area (Å²) in [5, 5.41) is 0. The molecule has 1 aliphatic heterocycles. The second-order valence-electron chi connectivity index (χ2n) is 6.02. The first-order valence-corrected chi connectivity index (χ1v) is 8.89. The molecule has 138 valence electrons. The van der Waals surface area contributed by atoms with Crippen molar-refractivity contribution in [1.29, 1.82) is 0 Å². The second-order valence-corrected chi connectivity index (χ2v) is 7.00. The minimum Gasteiger partial charge on any atom is -0.447 e. The van der Waals surface area contributed by atoms with Gasteiger partial charge < -0.3 is 4.74 Å². The third-order valence-electron chi connectivity index (χ3n) is 4.18. The van der Waals surface area contributed by atoms with Crippen molar-refractivity contribution in [3.63, 3.8) is 0 Å². The number of carbonyl (C=O) groups excluding carboxylic acids is 2. The van der Waals surface area contributed by atoms with Gasteiger partial charge in [-0.25, -0.2) is 9.69 Å². The van der Waals surface area contributed by atoms with E-state index in [2.05, 4.69) is 15.9 Å². The predicted octanol–water partition coefficient (Wildman–Crippen LogP) is 4.32. The van der Waals surface area contributed by atoms with Crippen LogP contribution in [0, 0.1) is 5.92 Å². The number of benzene rings is 1. The van der Waals surface area contributed by atoms with Gasteiger partial charge in [0.1, 0.15) is 6.61 Å². The molecule has 4 nitrogen and oxygen atoms in total. The van der Waals surface area contributed by atoms with Crippen LogP contribution in [0.3, 0.4) is 0 Å². The largest absolute Gasteiger partial charge is 0.447 e. The Hall–Kier alpha value is -1.57. The molecular weight excluding hydrogens is 403 g/mol. The van der Waals surface area contributed by atoms with Crippen LogP contribution in [0.15, 0.2) is 30.3 Å².